The van der Waals surface area contributed by atoms with E-state index in [-0.39, 0.29) is 19.3 Å². The Labute approximate surface area is 186 Å². The number of halogens is 1. The van der Waals surface area contributed by atoms with Gasteiger partial charge in [-0.3, -0.25) is 4.55 Å². The minimum absolute atomic E-state index is 0.0113. The van der Waals surface area contributed by atoms with Crippen LogP contribution in [0, 0.1) is 0 Å². The van der Waals surface area contributed by atoms with Crippen molar-refractivity contribution in [1.29, 1.82) is 0 Å². The molecule has 188 valence electrons. The van der Waals surface area contributed by atoms with Crippen LogP contribution in [0.5, 0.6) is 0 Å². The highest BCUT2D eigenvalue weighted by Crippen LogP contribution is 2.19. The summed E-state index contributed by atoms with van der Waals surface area (Å²) in [7, 11) is -9.95. The Morgan fingerprint density at radius 3 is 1.90 bits per heavy atom. The predicted molar refractivity (Wildman–Crippen MR) is 115 cm³/mol. The topological polar surface area (TPSA) is 136 Å². The second kappa shape index (κ2) is 16.3. The molecule has 4 unspecified atom stereocenters. The van der Waals surface area contributed by atoms with Crippen LogP contribution in [-0.4, -0.2) is 51.2 Å². The lowest BCUT2D eigenvalue weighted by molar-refractivity contribution is -0.0944. The van der Waals surface area contributed by atoms with Crippen LogP contribution in [0.15, 0.2) is 0 Å². The van der Waals surface area contributed by atoms with Crippen LogP contribution in [0.4, 0.5) is 4.39 Å². The highest BCUT2D eigenvalue weighted by atomic mass is 32.3. The summed E-state index contributed by atoms with van der Waals surface area (Å²) in [5, 5.41) is 10.1. The van der Waals surface area contributed by atoms with E-state index in [4.69, 9.17) is 8.74 Å². The van der Waals surface area contributed by atoms with E-state index in [1.807, 2.05) is 6.92 Å². The molecule has 0 saturated heterocycles. The maximum atomic E-state index is 13.8. The van der Waals surface area contributed by atoms with E-state index < -0.39 is 45.5 Å². The van der Waals surface area contributed by atoms with E-state index in [1.165, 1.54) is 6.92 Å². The molecule has 0 spiro atoms. The van der Waals surface area contributed by atoms with Crippen molar-refractivity contribution in [1.82, 2.24) is 0 Å². The molecular formula is C19H39FO9S2. The van der Waals surface area contributed by atoms with Crippen LogP contribution >= 0.6 is 0 Å². The van der Waals surface area contributed by atoms with Crippen molar-refractivity contribution in [3.8, 4) is 0 Å². The average molecular weight is 495 g/mol. The van der Waals surface area contributed by atoms with Gasteiger partial charge in [-0.25, -0.2) is 16.9 Å². The van der Waals surface area contributed by atoms with Gasteiger partial charge >= 0.3 is 20.8 Å². The lowest BCUT2D eigenvalue weighted by atomic mass is 10.1. The van der Waals surface area contributed by atoms with Gasteiger partial charge in [0.1, 0.15) is 12.3 Å². The van der Waals surface area contributed by atoms with Gasteiger partial charge in [0, 0.05) is 6.42 Å². The van der Waals surface area contributed by atoms with Crippen molar-refractivity contribution in [2.45, 2.75) is 122 Å². The number of aliphatic hydroxyl groups is 1. The largest absolute Gasteiger partial charge is 0.402 e. The Bertz CT molecular complexity index is 655. The Morgan fingerprint density at radius 2 is 1.35 bits per heavy atom. The van der Waals surface area contributed by atoms with Crippen molar-refractivity contribution < 1.29 is 43.4 Å². The average Bonchev–Trinajstić information content (AvgIpc) is 2.62. The zero-order valence-corrected chi connectivity index (χ0v) is 20.4. The third-order valence-electron chi connectivity index (χ3n) is 4.59. The standard InChI is InChI=1S/C19H39FO9S2/c1-4-6-8-9-10-11-12-14-18(21)19(28-30(22,23)24)29-31(25,26)27-16(3)15-17(20)13-7-5-2/h16-19,21H,4-15H2,1-3H3,(H,22,23,24). The van der Waals surface area contributed by atoms with Crippen LogP contribution in [0.3, 0.4) is 0 Å². The second-order valence-electron chi connectivity index (χ2n) is 7.76. The molecule has 2 N–H and O–H groups in total. The van der Waals surface area contributed by atoms with Crippen molar-refractivity contribution in [2.24, 2.45) is 0 Å². The zero-order chi connectivity index (χ0) is 23.9. The summed E-state index contributed by atoms with van der Waals surface area (Å²) in [6, 6.07) is 0. The van der Waals surface area contributed by atoms with Crippen LogP contribution in [-0.2, 0) is 33.3 Å². The monoisotopic (exact) mass is 494 g/mol. The molecule has 0 amide bonds. The number of alkyl halides is 1. The molecule has 0 bridgehead atoms. The van der Waals surface area contributed by atoms with Crippen molar-refractivity contribution in [2.75, 3.05) is 0 Å². The Morgan fingerprint density at radius 1 is 0.806 bits per heavy atom. The Hall–Kier alpha value is -0.370. The second-order valence-corrected chi connectivity index (χ2v) is 10.0. The molecule has 0 radical (unpaired) electrons. The van der Waals surface area contributed by atoms with Crippen molar-refractivity contribution in [3.63, 3.8) is 0 Å². The lowest BCUT2D eigenvalue weighted by Crippen LogP contribution is -2.37. The van der Waals surface area contributed by atoms with E-state index in [0.717, 1.165) is 44.9 Å². The molecule has 0 heterocycles. The van der Waals surface area contributed by atoms with Gasteiger partial charge in [-0.2, -0.15) is 16.8 Å². The normalized spacial score (nSPS) is 16.7. The lowest BCUT2D eigenvalue weighted by Gasteiger charge is -2.22. The smallest absolute Gasteiger partial charge is 0.388 e. The molecule has 0 fully saturated rings. The molecular weight excluding hydrogens is 455 g/mol. The van der Waals surface area contributed by atoms with E-state index in [0.29, 0.717) is 12.8 Å². The fourth-order valence-corrected chi connectivity index (χ4v) is 4.38. The van der Waals surface area contributed by atoms with Gasteiger partial charge in [0.2, 0.25) is 6.29 Å². The Balaban J connectivity index is 4.74. The quantitative estimate of drug-likeness (QED) is 0.145. The summed E-state index contributed by atoms with van der Waals surface area (Å²) in [5.41, 5.74) is 0. The summed E-state index contributed by atoms with van der Waals surface area (Å²) < 4.78 is 82.3. The Kier molecular flexibility index (Phi) is 16.1. The predicted octanol–water partition coefficient (Wildman–Crippen LogP) is 4.22. The van der Waals surface area contributed by atoms with E-state index in [2.05, 4.69) is 15.3 Å². The summed E-state index contributed by atoms with van der Waals surface area (Å²) in [6.45, 7) is 5.33. The SMILES string of the molecule is CCCCCCCCCC(O)C(OS(=O)(=O)O)OS(=O)(=O)OC(C)CC(F)CCCC. The number of hydrogen-bond donors (Lipinski definition) is 2. The molecule has 0 aromatic heterocycles. The summed E-state index contributed by atoms with van der Waals surface area (Å²) in [5.74, 6) is 0. The minimum atomic E-state index is -5.11. The fourth-order valence-electron chi connectivity index (χ4n) is 2.99. The van der Waals surface area contributed by atoms with Crippen LogP contribution < -0.4 is 0 Å². The molecule has 0 saturated carbocycles. The maximum absolute atomic E-state index is 13.8. The highest BCUT2D eigenvalue weighted by molar-refractivity contribution is 7.82. The molecule has 0 aliphatic rings. The van der Waals surface area contributed by atoms with Gasteiger partial charge in [0.05, 0.1) is 6.10 Å². The molecule has 0 rings (SSSR count). The van der Waals surface area contributed by atoms with Gasteiger partial charge < -0.3 is 5.11 Å². The van der Waals surface area contributed by atoms with Crippen LogP contribution in [0.25, 0.3) is 0 Å². The van der Waals surface area contributed by atoms with Gasteiger partial charge in [0.15, 0.2) is 0 Å². The molecule has 0 aromatic carbocycles. The minimum Gasteiger partial charge on any atom is -0.388 e. The molecule has 9 nitrogen and oxygen atoms in total. The molecule has 31 heavy (non-hydrogen) atoms. The van der Waals surface area contributed by atoms with E-state index in [1.54, 1.807) is 0 Å². The number of unbranched alkanes of at least 4 members (excludes halogenated alkanes) is 7. The van der Waals surface area contributed by atoms with Crippen molar-refractivity contribution in [3.05, 3.63) is 0 Å². The first-order valence-corrected chi connectivity index (χ1v) is 13.7. The zero-order valence-electron chi connectivity index (χ0n) is 18.7. The maximum Gasteiger partial charge on any atom is 0.402 e. The van der Waals surface area contributed by atoms with Crippen molar-refractivity contribution >= 4 is 20.8 Å². The van der Waals surface area contributed by atoms with E-state index >= 15 is 0 Å². The van der Waals surface area contributed by atoms with Gasteiger partial charge in [-0.15, -0.1) is 0 Å². The van der Waals surface area contributed by atoms with Crippen LogP contribution in [0.2, 0.25) is 0 Å². The van der Waals surface area contributed by atoms with E-state index in [9.17, 15) is 26.3 Å². The van der Waals surface area contributed by atoms with Gasteiger partial charge in [0.25, 0.3) is 0 Å². The number of aliphatic hydroxyl groups excluding tert-OH is 1. The molecule has 0 aliphatic carbocycles. The molecule has 12 heteroatoms. The summed E-state index contributed by atoms with van der Waals surface area (Å²) in [4.78, 5) is 0. The third kappa shape index (κ3) is 17.8. The molecule has 0 aliphatic heterocycles. The third-order valence-corrected chi connectivity index (χ3v) is 6.01. The number of hydrogen-bond acceptors (Lipinski definition) is 8. The summed E-state index contributed by atoms with van der Waals surface area (Å²) >= 11 is 0. The van der Waals surface area contributed by atoms with Gasteiger partial charge in [-0.1, -0.05) is 71.6 Å². The highest BCUT2D eigenvalue weighted by Gasteiger charge is 2.33. The molecule has 0 aromatic rings. The summed E-state index contributed by atoms with van der Waals surface area (Å²) in [6.07, 6.45) is 1.79. The van der Waals surface area contributed by atoms with Gasteiger partial charge in [-0.05, 0) is 19.8 Å². The first-order valence-electron chi connectivity index (χ1n) is 11.0. The number of rotatable bonds is 20. The molecule has 4 atom stereocenters. The van der Waals surface area contributed by atoms with Crippen LogP contribution in [0.1, 0.15) is 97.8 Å². The fraction of sp³-hybridized carbons (Fsp3) is 1.00. The first-order chi connectivity index (χ1) is 14.4. The first kappa shape index (κ1) is 30.6.